The molecule has 0 saturated carbocycles. The summed E-state index contributed by atoms with van der Waals surface area (Å²) in [5.74, 6) is -0.869. The van der Waals surface area contributed by atoms with Crippen LogP contribution in [-0.2, 0) is 0 Å². The summed E-state index contributed by atoms with van der Waals surface area (Å²) in [6.45, 7) is 0. The first-order chi connectivity index (χ1) is 19.5. The molecule has 212 valence electrons. The molecule has 0 saturated heterocycles. The number of benzene rings is 4. The predicted octanol–water partition coefficient (Wildman–Crippen LogP) is 8.81. The molecule has 6 N–H and O–H groups in total. The minimum absolute atomic E-state index is 0.00893. The van der Waals surface area contributed by atoms with E-state index in [4.69, 9.17) is 23.2 Å². The Hall–Kier alpha value is -4.04. The Balaban J connectivity index is 0.000000226. The van der Waals surface area contributed by atoms with E-state index in [2.05, 4.69) is 53.1 Å². The van der Waals surface area contributed by atoms with Crippen LogP contribution in [-0.4, -0.2) is 27.2 Å². The average Bonchev–Trinajstić information content (AvgIpc) is 2.93. The van der Waals surface area contributed by atoms with E-state index in [1.807, 2.05) is 6.07 Å². The van der Waals surface area contributed by atoms with Crippen LogP contribution in [0.4, 0.5) is 38.0 Å². The van der Waals surface area contributed by atoms with Gasteiger partial charge in [-0.3, -0.25) is 10.1 Å². The highest BCUT2D eigenvalue weighted by atomic mass is 79.9. The monoisotopic (exact) mass is 725 g/mol. The second-order valence-corrected chi connectivity index (χ2v) is 10.3. The molecule has 0 atom stereocenters. The van der Waals surface area contributed by atoms with E-state index >= 15 is 0 Å². The molecule has 11 nitrogen and oxygen atoms in total. The Kier molecular flexibility index (Phi) is 11.2. The number of nitro groups is 1. The van der Waals surface area contributed by atoms with Crippen molar-refractivity contribution >= 4 is 95.6 Å². The molecule has 0 spiro atoms. The van der Waals surface area contributed by atoms with Crippen LogP contribution in [0.5, 0.6) is 11.5 Å². The third-order valence-electron chi connectivity index (χ3n) is 5.02. The van der Waals surface area contributed by atoms with Crippen molar-refractivity contribution in [3.8, 4) is 11.5 Å². The molecule has 0 aromatic heterocycles. The Morgan fingerprint density at radius 1 is 0.659 bits per heavy atom. The number of rotatable bonds is 5. The number of hydrogen-bond acceptors (Lipinski definition) is 6. The van der Waals surface area contributed by atoms with Gasteiger partial charge in [-0.25, -0.2) is 9.59 Å². The van der Waals surface area contributed by atoms with Gasteiger partial charge in [0.05, 0.1) is 32.7 Å². The number of nitrogens with zero attached hydrogens (tertiary/aromatic N) is 1. The smallest absolute Gasteiger partial charge is 0.323 e. The molecule has 0 bridgehead atoms. The molecular weight excluding hydrogens is 709 g/mol. The number of para-hydroxylation sites is 3. The van der Waals surface area contributed by atoms with Crippen LogP contribution >= 0.6 is 55.1 Å². The molecule has 4 aromatic rings. The van der Waals surface area contributed by atoms with Crippen molar-refractivity contribution in [2.75, 3.05) is 21.3 Å². The van der Waals surface area contributed by atoms with E-state index in [0.29, 0.717) is 15.8 Å². The summed E-state index contributed by atoms with van der Waals surface area (Å²) >= 11 is 18.1. The summed E-state index contributed by atoms with van der Waals surface area (Å²) in [5.41, 5.74) is 0.774. The predicted molar refractivity (Wildman–Crippen MR) is 166 cm³/mol. The maximum atomic E-state index is 11.9. The van der Waals surface area contributed by atoms with Gasteiger partial charge in [-0.1, -0.05) is 53.5 Å². The quantitative estimate of drug-likeness (QED) is 0.0683. The lowest BCUT2D eigenvalue weighted by Crippen LogP contribution is -2.19. The first-order valence-corrected chi connectivity index (χ1v) is 13.6. The van der Waals surface area contributed by atoms with Gasteiger partial charge in [0, 0.05) is 15.0 Å². The lowest BCUT2D eigenvalue weighted by molar-refractivity contribution is -0.385. The lowest BCUT2D eigenvalue weighted by atomic mass is 10.2. The maximum Gasteiger partial charge on any atom is 0.323 e. The topological polar surface area (TPSA) is 166 Å². The third-order valence-corrected chi connectivity index (χ3v) is 7.20. The molecule has 0 radical (unpaired) electrons. The molecule has 0 aliphatic carbocycles. The normalized spacial score (nSPS) is 10.0. The number of nitro benzene ring substituents is 1. The summed E-state index contributed by atoms with van der Waals surface area (Å²) in [7, 11) is 0. The minimum Gasteiger partial charge on any atom is -0.504 e. The number of carbonyl (C=O) groups is 2. The lowest BCUT2D eigenvalue weighted by Gasteiger charge is -2.11. The number of halogens is 4. The standard InChI is InChI=1S/C13H9BrCl2N2O2.C13H10BrN3O4/c14-7-3-1-2-4-9(7)17-13(20)18-10-6-5-8(15)11(16)12(10)19;14-8-4-1-2-5-9(8)15-13(19)16-10-6-3-7-11(12(10)18)17(20)21/h1-6,19H,(H2,17,18,20);1-7,18H,(H2,15,16,19). The van der Waals surface area contributed by atoms with Gasteiger partial charge in [0.25, 0.3) is 0 Å². The summed E-state index contributed by atoms with van der Waals surface area (Å²) < 4.78 is 1.43. The first-order valence-electron chi connectivity index (χ1n) is 11.3. The van der Waals surface area contributed by atoms with Crippen LogP contribution in [0.1, 0.15) is 0 Å². The van der Waals surface area contributed by atoms with Gasteiger partial charge in [0.1, 0.15) is 5.02 Å². The van der Waals surface area contributed by atoms with Gasteiger partial charge in [0.15, 0.2) is 5.75 Å². The number of amides is 4. The zero-order chi connectivity index (χ0) is 30.1. The van der Waals surface area contributed by atoms with Gasteiger partial charge in [0.2, 0.25) is 5.75 Å². The van der Waals surface area contributed by atoms with Crippen molar-refractivity contribution in [1.29, 1.82) is 0 Å². The van der Waals surface area contributed by atoms with Crippen LogP contribution in [0.2, 0.25) is 10.0 Å². The highest BCUT2D eigenvalue weighted by molar-refractivity contribution is 9.11. The summed E-state index contributed by atoms with van der Waals surface area (Å²) in [6.07, 6.45) is 0. The molecule has 4 aromatic carbocycles. The van der Waals surface area contributed by atoms with Gasteiger partial charge in [-0.2, -0.15) is 0 Å². The number of nitrogens with one attached hydrogen (secondary N) is 4. The highest BCUT2D eigenvalue weighted by Crippen LogP contribution is 2.37. The molecule has 41 heavy (non-hydrogen) atoms. The molecule has 0 aliphatic rings. The van der Waals surface area contributed by atoms with E-state index in [9.17, 15) is 29.9 Å². The summed E-state index contributed by atoms with van der Waals surface area (Å²) in [5, 5.41) is 40.5. The van der Waals surface area contributed by atoms with E-state index in [-0.39, 0.29) is 27.2 Å². The van der Waals surface area contributed by atoms with E-state index in [1.54, 1.807) is 42.5 Å². The molecule has 0 heterocycles. The Morgan fingerprint density at radius 2 is 1.10 bits per heavy atom. The van der Waals surface area contributed by atoms with Crippen molar-refractivity contribution in [3.05, 3.63) is 108 Å². The van der Waals surface area contributed by atoms with Crippen molar-refractivity contribution in [3.63, 3.8) is 0 Å². The van der Waals surface area contributed by atoms with Gasteiger partial charge < -0.3 is 31.5 Å². The van der Waals surface area contributed by atoms with Gasteiger partial charge >= 0.3 is 17.7 Å². The van der Waals surface area contributed by atoms with Gasteiger partial charge in [-0.15, -0.1) is 0 Å². The van der Waals surface area contributed by atoms with E-state index in [0.717, 1.165) is 10.5 Å². The number of hydrogen-bond donors (Lipinski definition) is 6. The van der Waals surface area contributed by atoms with Crippen LogP contribution < -0.4 is 21.3 Å². The Morgan fingerprint density at radius 3 is 1.59 bits per heavy atom. The maximum absolute atomic E-state index is 11.9. The molecule has 15 heteroatoms. The Labute approximate surface area is 259 Å². The fraction of sp³-hybridized carbons (Fsp3) is 0. The molecule has 0 aliphatic heterocycles. The number of aromatic hydroxyl groups is 2. The zero-order valence-electron chi connectivity index (χ0n) is 20.5. The molecular formula is C26H19Br2Cl2N5O6. The van der Waals surface area contributed by atoms with Crippen LogP contribution in [0.3, 0.4) is 0 Å². The van der Waals surface area contributed by atoms with E-state index in [1.165, 1.54) is 24.3 Å². The second-order valence-electron chi connectivity index (χ2n) is 7.81. The van der Waals surface area contributed by atoms with Crippen LogP contribution in [0, 0.1) is 10.1 Å². The van der Waals surface area contributed by atoms with Crippen molar-refractivity contribution in [2.45, 2.75) is 0 Å². The number of carbonyl (C=O) groups excluding carboxylic acids is 2. The number of phenolic OH excluding ortho intramolecular Hbond substituents is 2. The summed E-state index contributed by atoms with van der Waals surface area (Å²) in [6, 6.07) is 19.8. The van der Waals surface area contributed by atoms with Crippen molar-refractivity contribution in [2.24, 2.45) is 0 Å². The first kappa shape index (κ1) is 31.5. The molecule has 0 fully saturated rings. The zero-order valence-corrected chi connectivity index (χ0v) is 25.2. The second kappa shape index (κ2) is 14.6. The summed E-state index contributed by atoms with van der Waals surface area (Å²) in [4.78, 5) is 33.7. The Bertz CT molecular complexity index is 1610. The molecule has 0 unspecified atom stereocenters. The highest BCUT2D eigenvalue weighted by Gasteiger charge is 2.18. The van der Waals surface area contributed by atoms with Crippen molar-refractivity contribution < 1.29 is 24.7 Å². The number of anilines is 4. The number of urea groups is 2. The fourth-order valence-corrected chi connectivity index (χ4v) is 4.18. The average molecular weight is 728 g/mol. The minimum atomic E-state index is -0.730. The molecule has 4 amide bonds. The third kappa shape index (κ3) is 8.72. The SMILES string of the molecule is O=C(Nc1ccccc1Br)Nc1ccc(Cl)c(Cl)c1O.O=C(Nc1ccccc1Br)Nc1cccc([N+](=O)[O-])c1O. The fourth-order valence-electron chi connectivity index (χ4n) is 3.10. The van der Waals surface area contributed by atoms with Gasteiger partial charge in [-0.05, 0) is 74.3 Å². The largest absolute Gasteiger partial charge is 0.504 e. The van der Waals surface area contributed by atoms with Crippen LogP contribution in [0.25, 0.3) is 0 Å². The van der Waals surface area contributed by atoms with Crippen molar-refractivity contribution in [1.82, 2.24) is 0 Å². The van der Waals surface area contributed by atoms with Crippen LogP contribution in [0.15, 0.2) is 87.8 Å². The van der Waals surface area contributed by atoms with E-state index < -0.39 is 28.4 Å². The number of phenols is 2. The molecule has 4 rings (SSSR count).